The zero-order valence-electron chi connectivity index (χ0n) is 11.1. The van der Waals surface area contributed by atoms with Crippen molar-refractivity contribution in [3.05, 3.63) is 41.0 Å². The van der Waals surface area contributed by atoms with Gasteiger partial charge in [-0.05, 0) is 41.9 Å². The molecular formula is C16H20O2. The molecule has 0 N–H and O–H groups in total. The predicted molar refractivity (Wildman–Crippen MR) is 73.5 cm³/mol. The lowest BCUT2D eigenvalue weighted by molar-refractivity contribution is -0.141. The van der Waals surface area contributed by atoms with Crippen molar-refractivity contribution in [3.63, 3.8) is 0 Å². The molecule has 1 atom stereocenters. The Kier molecular flexibility index (Phi) is 4.19. The highest BCUT2D eigenvalue weighted by atomic mass is 16.5. The van der Waals surface area contributed by atoms with E-state index >= 15 is 0 Å². The third-order valence-electron chi connectivity index (χ3n) is 3.60. The molecule has 2 heteroatoms. The molecule has 1 aromatic carbocycles. The van der Waals surface area contributed by atoms with Crippen molar-refractivity contribution < 1.29 is 9.53 Å². The second-order valence-electron chi connectivity index (χ2n) is 4.74. The van der Waals surface area contributed by atoms with Crippen molar-refractivity contribution in [2.24, 2.45) is 0 Å². The SMILES string of the molecule is CC/C=C/c1cccc2c1CCC2CC(=O)OC. The van der Waals surface area contributed by atoms with E-state index in [1.807, 2.05) is 0 Å². The van der Waals surface area contributed by atoms with E-state index in [-0.39, 0.29) is 5.97 Å². The summed E-state index contributed by atoms with van der Waals surface area (Å²) in [4.78, 5) is 11.4. The smallest absolute Gasteiger partial charge is 0.306 e. The van der Waals surface area contributed by atoms with Gasteiger partial charge >= 0.3 is 5.97 Å². The number of fused-ring (bicyclic) bond motifs is 1. The summed E-state index contributed by atoms with van der Waals surface area (Å²) in [5.41, 5.74) is 4.05. The molecule has 1 unspecified atom stereocenters. The minimum Gasteiger partial charge on any atom is -0.469 e. The molecule has 0 saturated heterocycles. The lowest BCUT2D eigenvalue weighted by Gasteiger charge is -2.10. The van der Waals surface area contributed by atoms with Crippen LogP contribution >= 0.6 is 0 Å². The zero-order valence-corrected chi connectivity index (χ0v) is 11.1. The number of rotatable bonds is 4. The summed E-state index contributed by atoms with van der Waals surface area (Å²) in [7, 11) is 1.46. The quantitative estimate of drug-likeness (QED) is 0.755. The van der Waals surface area contributed by atoms with E-state index in [0.29, 0.717) is 12.3 Å². The summed E-state index contributed by atoms with van der Waals surface area (Å²) >= 11 is 0. The highest BCUT2D eigenvalue weighted by molar-refractivity contribution is 5.71. The molecule has 1 aliphatic rings. The Hall–Kier alpha value is -1.57. The highest BCUT2D eigenvalue weighted by Crippen LogP contribution is 2.37. The van der Waals surface area contributed by atoms with E-state index in [0.717, 1.165) is 19.3 Å². The molecule has 0 heterocycles. The van der Waals surface area contributed by atoms with Crippen molar-refractivity contribution in [2.45, 2.75) is 38.5 Å². The minimum absolute atomic E-state index is 0.109. The van der Waals surface area contributed by atoms with Crippen molar-refractivity contribution in [3.8, 4) is 0 Å². The van der Waals surface area contributed by atoms with Crippen LogP contribution in [0.5, 0.6) is 0 Å². The molecule has 2 nitrogen and oxygen atoms in total. The predicted octanol–water partition coefficient (Wildman–Crippen LogP) is 3.70. The Balaban J connectivity index is 2.23. The maximum absolute atomic E-state index is 11.4. The van der Waals surface area contributed by atoms with Crippen LogP contribution in [-0.2, 0) is 16.0 Å². The standard InChI is InChI=1S/C16H20O2/c1-3-4-6-12-7-5-8-14-13(9-10-15(12)14)11-16(17)18-2/h4-8,13H,3,9-11H2,1-2H3/b6-4+. The normalized spacial score (nSPS) is 18.0. The maximum atomic E-state index is 11.4. The van der Waals surface area contributed by atoms with E-state index in [9.17, 15) is 4.79 Å². The van der Waals surface area contributed by atoms with Crippen LogP contribution in [0, 0.1) is 0 Å². The number of allylic oxidation sites excluding steroid dienone is 1. The van der Waals surface area contributed by atoms with Gasteiger partial charge in [-0.15, -0.1) is 0 Å². The van der Waals surface area contributed by atoms with Crippen LogP contribution in [-0.4, -0.2) is 13.1 Å². The first kappa shape index (κ1) is 12.9. The molecule has 0 amide bonds. The Morgan fingerprint density at radius 3 is 3.06 bits per heavy atom. The molecule has 0 radical (unpaired) electrons. The molecule has 0 bridgehead atoms. The van der Waals surface area contributed by atoms with Gasteiger partial charge in [-0.2, -0.15) is 0 Å². The Labute approximate surface area is 109 Å². The van der Waals surface area contributed by atoms with Gasteiger partial charge in [-0.25, -0.2) is 0 Å². The average Bonchev–Trinajstić information content (AvgIpc) is 2.80. The molecule has 1 aliphatic carbocycles. The number of methoxy groups -OCH3 is 1. The maximum Gasteiger partial charge on any atom is 0.306 e. The fraction of sp³-hybridized carbons (Fsp3) is 0.438. The van der Waals surface area contributed by atoms with Gasteiger partial charge in [-0.1, -0.05) is 37.3 Å². The lowest BCUT2D eigenvalue weighted by Crippen LogP contribution is -2.06. The first-order valence-corrected chi connectivity index (χ1v) is 6.61. The molecule has 0 spiro atoms. The molecule has 0 aliphatic heterocycles. The summed E-state index contributed by atoms with van der Waals surface area (Å²) in [6, 6.07) is 6.40. The van der Waals surface area contributed by atoms with Crippen molar-refractivity contribution >= 4 is 12.0 Å². The second kappa shape index (κ2) is 5.85. The first-order valence-electron chi connectivity index (χ1n) is 6.61. The topological polar surface area (TPSA) is 26.3 Å². The van der Waals surface area contributed by atoms with Crippen LogP contribution in [0.15, 0.2) is 24.3 Å². The average molecular weight is 244 g/mol. The van der Waals surface area contributed by atoms with Gasteiger partial charge in [0.2, 0.25) is 0 Å². The Bertz CT molecular complexity index is 460. The Morgan fingerprint density at radius 2 is 2.33 bits per heavy atom. The van der Waals surface area contributed by atoms with Crippen LogP contribution in [0.1, 0.15) is 48.8 Å². The largest absolute Gasteiger partial charge is 0.469 e. The fourth-order valence-electron chi connectivity index (χ4n) is 2.67. The van der Waals surface area contributed by atoms with Crippen molar-refractivity contribution in [1.29, 1.82) is 0 Å². The first-order chi connectivity index (χ1) is 8.76. The molecule has 0 fully saturated rings. The number of hydrogen-bond donors (Lipinski definition) is 0. The van der Waals surface area contributed by atoms with Gasteiger partial charge < -0.3 is 4.74 Å². The molecule has 0 saturated carbocycles. The van der Waals surface area contributed by atoms with E-state index < -0.39 is 0 Å². The summed E-state index contributed by atoms with van der Waals surface area (Å²) < 4.78 is 4.77. The van der Waals surface area contributed by atoms with E-state index in [4.69, 9.17) is 4.74 Å². The van der Waals surface area contributed by atoms with Gasteiger partial charge in [0, 0.05) is 0 Å². The number of ether oxygens (including phenoxy) is 1. The van der Waals surface area contributed by atoms with Gasteiger partial charge in [0.1, 0.15) is 0 Å². The summed E-state index contributed by atoms with van der Waals surface area (Å²) in [5.74, 6) is 0.227. The van der Waals surface area contributed by atoms with Gasteiger partial charge in [0.25, 0.3) is 0 Å². The lowest BCUT2D eigenvalue weighted by atomic mass is 9.96. The van der Waals surface area contributed by atoms with E-state index in [1.165, 1.54) is 23.8 Å². The molecule has 2 rings (SSSR count). The zero-order chi connectivity index (χ0) is 13.0. The van der Waals surface area contributed by atoms with Crippen molar-refractivity contribution in [1.82, 2.24) is 0 Å². The minimum atomic E-state index is -0.109. The highest BCUT2D eigenvalue weighted by Gasteiger charge is 2.26. The Morgan fingerprint density at radius 1 is 1.50 bits per heavy atom. The van der Waals surface area contributed by atoms with Gasteiger partial charge in [-0.3, -0.25) is 4.79 Å². The van der Waals surface area contributed by atoms with Crippen LogP contribution in [0.4, 0.5) is 0 Å². The number of benzene rings is 1. The van der Waals surface area contributed by atoms with E-state index in [2.05, 4.69) is 37.3 Å². The third kappa shape index (κ3) is 2.63. The molecule has 1 aromatic rings. The van der Waals surface area contributed by atoms with Crippen LogP contribution in [0.2, 0.25) is 0 Å². The van der Waals surface area contributed by atoms with E-state index in [1.54, 1.807) is 0 Å². The van der Waals surface area contributed by atoms with Crippen LogP contribution < -0.4 is 0 Å². The third-order valence-corrected chi connectivity index (χ3v) is 3.60. The number of carbonyl (C=O) groups excluding carboxylic acids is 1. The summed E-state index contributed by atoms with van der Waals surface area (Å²) in [5, 5.41) is 0. The number of esters is 1. The number of carbonyl (C=O) groups is 1. The van der Waals surface area contributed by atoms with Gasteiger partial charge in [0.15, 0.2) is 0 Å². The fourth-order valence-corrected chi connectivity index (χ4v) is 2.67. The second-order valence-corrected chi connectivity index (χ2v) is 4.74. The summed E-state index contributed by atoms with van der Waals surface area (Å²) in [6.07, 6.45) is 8.06. The molecule has 0 aromatic heterocycles. The van der Waals surface area contributed by atoms with Crippen LogP contribution in [0.25, 0.3) is 6.08 Å². The molecule has 96 valence electrons. The monoisotopic (exact) mass is 244 g/mol. The van der Waals surface area contributed by atoms with Crippen LogP contribution in [0.3, 0.4) is 0 Å². The summed E-state index contributed by atoms with van der Waals surface area (Å²) in [6.45, 7) is 2.14. The molecule has 18 heavy (non-hydrogen) atoms. The number of hydrogen-bond acceptors (Lipinski definition) is 2. The molecular weight excluding hydrogens is 224 g/mol. The van der Waals surface area contributed by atoms with Crippen molar-refractivity contribution in [2.75, 3.05) is 7.11 Å². The van der Waals surface area contributed by atoms with Gasteiger partial charge in [0.05, 0.1) is 13.5 Å².